The fraction of sp³-hybridized carbons (Fsp3) is 0.370. The van der Waals surface area contributed by atoms with Gasteiger partial charge >= 0.3 is 5.97 Å². The SMILES string of the molecule is COC(=O)c1cccc(C[NH+](Cc2cccn2Cc2cccc(C)c2)[C@@H](C)C(C)C)c1. The summed E-state index contributed by atoms with van der Waals surface area (Å²) in [5.74, 6) is 0.270. The molecule has 1 unspecified atom stereocenters. The molecule has 164 valence electrons. The number of benzene rings is 2. The number of methoxy groups -OCH3 is 1. The minimum Gasteiger partial charge on any atom is -0.465 e. The van der Waals surface area contributed by atoms with E-state index in [9.17, 15) is 4.79 Å². The lowest BCUT2D eigenvalue weighted by molar-refractivity contribution is -0.954. The van der Waals surface area contributed by atoms with Crippen LogP contribution in [0.4, 0.5) is 0 Å². The zero-order valence-electron chi connectivity index (χ0n) is 19.4. The largest absolute Gasteiger partial charge is 0.465 e. The first-order chi connectivity index (χ1) is 14.9. The van der Waals surface area contributed by atoms with Gasteiger partial charge in [0.25, 0.3) is 0 Å². The molecular formula is C27H35N2O2+. The van der Waals surface area contributed by atoms with E-state index in [0.717, 1.165) is 25.2 Å². The maximum Gasteiger partial charge on any atom is 0.337 e. The molecule has 4 heteroatoms. The van der Waals surface area contributed by atoms with Crippen LogP contribution in [0.25, 0.3) is 0 Å². The third-order valence-corrected chi connectivity index (χ3v) is 6.19. The molecule has 4 nitrogen and oxygen atoms in total. The summed E-state index contributed by atoms with van der Waals surface area (Å²) in [6.45, 7) is 11.7. The molecule has 0 amide bonds. The van der Waals surface area contributed by atoms with E-state index in [1.165, 1.54) is 28.8 Å². The summed E-state index contributed by atoms with van der Waals surface area (Å²) in [6.07, 6.45) is 2.17. The highest BCUT2D eigenvalue weighted by Gasteiger charge is 2.23. The van der Waals surface area contributed by atoms with Crippen LogP contribution in [0.3, 0.4) is 0 Å². The molecule has 3 aromatic rings. The highest BCUT2D eigenvalue weighted by molar-refractivity contribution is 5.89. The number of nitrogens with one attached hydrogen (secondary N) is 1. The van der Waals surface area contributed by atoms with Gasteiger partial charge in [0.1, 0.15) is 13.1 Å². The van der Waals surface area contributed by atoms with Crippen LogP contribution in [0.15, 0.2) is 66.9 Å². The van der Waals surface area contributed by atoms with Crippen molar-refractivity contribution in [1.29, 1.82) is 0 Å². The highest BCUT2D eigenvalue weighted by atomic mass is 16.5. The lowest BCUT2D eigenvalue weighted by Crippen LogP contribution is -3.13. The van der Waals surface area contributed by atoms with Crippen LogP contribution in [0, 0.1) is 12.8 Å². The van der Waals surface area contributed by atoms with Crippen LogP contribution >= 0.6 is 0 Å². The molecular weight excluding hydrogens is 384 g/mol. The molecule has 0 aliphatic carbocycles. The van der Waals surface area contributed by atoms with Crippen molar-refractivity contribution in [2.45, 2.75) is 53.4 Å². The average Bonchev–Trinajstić information content (AvgIpc) is 3.18. The highest BCUT2D eigenvalue weighted by Crippen LogP contribution is 2.11. The molecule has 0 bridgehead atoms. The quantitative estimate of drug-likeness (QED) is 0.526. The molecule has 0 saturated carbocycles. The number of esters is 1. The second-order valence-corrected chi connectivity index (χ2v) is 8.85. The number of carbonyl (C=O) groups is 1. The lowest BCUT2D eigenvalue weighted by atomic mass is 10.0. The van der Waals surface area contributed by atoms with Crippen molar-refractivity contribution < 1.29 is 14.4 Å². The predicted molar refractivity (Wildman–Crippen MR) is 125 cm³/mol. The van der Waals surface area contributed by atoms with E-state index in [-0.39, 0.29) is 5.97 Å². The van der Waals surface area contributed by atoms with Crippen LogP contribution in [0.1, 0.15) is 53.5 Å². The smallest absolute Gasteiger partial charge is 0.337 e. The predicted octanol–water partition coefficient (Wildman–Crippen LogP) is 4.26. The Bertz CT molecular complexity index is 1010. The Balaban J connectivity index is 1.81. The van der Waals surface area contributed by atoms with E-state index < -0.39 is 0 Å². The van der Waals surface area contributed by atoms with E-state index in [2.05, 4.69) is 80.9 Å². The summed E-state index contributed by atoms with van der Waals surface area (Å²) >= 11 is 0. The molecule has 0 fully saturated rings. The zero-order chi connectivity index (χ0) is 22.4. The fourth-order valence-corrected chi connectivity index (χ4v) is 4.05. The molecule has 0 aliphatic heterocycles. The molecule has 1 heterocycles. The zero-order valence-corrected chi connectivity index (χ0v) is 19.4. The summed E-state index contributed by atoms with van der Waals surface area (Å²) < 4.78 is 7.25. The third-order valence-electron chi connectivity index (χ3n) is 6.19. The standard InChI is InChI=1S/C27H34N2O2/c1-20(2)22(4)29(18-24-11-7-12-25(16-24)27(30)31-5)19-26-13-8-14-28(26)17-23-10-6-9-21(3)15-23/h6-16,20,22H,17-19H2,1-5H3/p+1/t22-/m0/s1. The van der Waals surface area contributed by atoms with Crippen molar-refractivity contribution in [3.05, 3.63) is 94.8 Å². The number of aryl methyl sites for hydroxylation is 1. The molecule has 0 radical (unpaired) electrons. The molecule has 31 heavy (non-hydrogen) atoms. The van der Waals surface area contributed by atoms with Gasteiger partial charge in [0.15, 0.2) is 0 Å². The second-order valence-electron chi connectivity index (χ2n) is 8.85. The van der Waals surface area contributed by atoms with Crippen molar-refractivity contribution >= 4 is 5.97 Å². The lowest BCUT2D eigenvalue weighted by Gasteiger charge is -2.29. The van der Waals surface area contributed by atoms with Gasteiger partial charge in [-0.25, -0.2) is 4.79 Å². The normalized spacial score (nSPS) is 13.2. The summed E-state index contributed by atoms with van der Waals surface area (Å²) in [6, 6.07) is 21.4. The third kappa shape index (κ3) is 6.08. The van der Waals surface area contributed by atoms with Crippen LogP contribution in [-0.4, -0.2) is 23.7 Å². The number of nitrogens with zero attached hydrogens (tertiary/aromatic N) is 1. The van der Waals surface area contributed by atoms with Crippen molar-refractivity contribution in [2.75, 3.05) is 7.11 Å². The van der Waals surface area contributed by atoms with E-state index in [1.54, 1.807) is 0 Å². The van der Waals surface area contributed by atoms with Gasteiger partial charge in [-0.15, -0.1) is 0 Å². The number of carbonyl (C=O) groups excluding carboxylic acids is 1. The molecule has 1 aromatic heterocycles. The molecule has 3 rings (SSSR count). The van der Waals surface area contributed by atoms with Gasteiger partial charge in [-0.1, -0.05) is 55.8 Å². The van der Waals surface area contributed by atoms with Gasteiger partial charge in [-0.2, -0.15) is 0 Å². The molecule has 0 aliphatic rings. The van der Waals surface area contributed by atoms with Crippen molar-refractivity contribution in [3.63, 3.8) is 0 Å². The summed E-state index contributed by atoms with van der Waals surface area (Å²) in [4.78, 5) is 13.4. The minimum atomic E-state index is -0.285. The minimum absolute atomic E-state index is 0.285. The Hall–Kier alpha value is -2.85. The Morgan fingerprint density at radius 1 is 0.968 bits per heavy atom. The Morgan fingerprint density at radius 3 is 2.42 bits per heavy atom. The van der Waals surface area contributed by atoms with Crippen LogP contribution < -0.4 is 4.90 Å². The van der Waals surface area contributed by atoms with Crippen molar-refractivity contribution in [3.8, 4) is 0 Å². The monoisotopic (exact) mass is 419 g/mol. The Labute approximate surface area is 186 Å². The molecule has 2 atom stereocenters. The van der Waals surface area contributed by atoms with Crippen LogP contribution in [0.5, 0.6) is 0 Å². The first kappa shape index (κ1) is 22.8. The Kier molecular flexibility index (Phi) is 7.69. The Morgan fingerprint density at radius 2 is 1.71 bits per heavy atom. The number of quaternary nitrogens is 1. The maximum atomic E-state index is 12.0. The number of hydrogen-bond donors (Lipinski definition) is 1. The number of aromatic nitrogens is 1. The van der Waals surface area contributed by atoms with E-state index in [4.69, 9.17) is 4.74 Å². The van der Waals surface area contributed by atoms with Gasteiger partial charge in [0.2, 0.25) is 0 Å². The fourth-order valence-electron chi connectivity index (χ4n) is 4.05. The summed E-state index contributed by atoms with van der Waals surface area (Å²) in [7, 11) is 1.43. The molecule has 0 saturated heterocycles. The summed E-state index contributed by atoms with van der Waals surface area (Å²) in [5.41, 5.74) is 5.70. The van der Waals surface area contributed by atoms with Gasteiger partial charge < -0.3 is 14.2 Å². The van der Waals surface area contributed by atoms with Crippen LogP contribution in [0.2, 0.25) is 0 Å². The molecule has 0 spiro atoms. The van der Waals surface area contributed by atoms with Gasteiger partial charge in [-0.05, 0) is 43.7 Å². The van der Waals surface area contributed by atoms with Gasteiger partial charge in [0, 0.05) is 24.2 Å². The molecule has 1 N–H and O–H groups in total. The molecule has 2 aromatic carbocycles. The van der Waals surface area contributed by atoms with Gasteiger partial charge in [0.05, 0.1) is 24.4 Å². The average molecular weight is 420 g/mol. The first-order valence-corrected chi connectivity index (χ1v) is 11.1. The van der Waals surface area contributed by atoms with E-state index >= 15 is 0 Å². The second kappa shape index (κ2) is 10.5. The number of hydrogen-bond acceptors (Lipinski definition) is 2. The van der Waals surface area contributed by atoms with Crippen LogP contribution in [-0.2, 0) is 24.4 Å². The van der Waals surface area contributed by atoms with Crippen molar-refractivity contribution in [2.24, 2.45) is 5.92 Å². The van der Waals surface area contributed by atoms with E-state index in [1.807, 2.05) is 18.2 Å². The topological polar surface area (TPSA) is 35.7 Å². The first-order valence-electron chi connectivity index (χ1n) is 11.1. The number of ether oxygens (including phenoxy) is 1. The summed E-state index contributed by atoms with van der Waals surface area (Å²) in [5, 5.41) is 0. The maximum absolute atomic E-state index is 12.0. The number of rotatable bonds is 9. The van der Waals surface area contributed by atoms with Crippen molar-refractivity contribution in [1.82, 2.24) is 4.57 Å². The van der Waals surface area contributed by atoms with Gasteiger partial charge in [-0.3, -0.25) is 0 Å². The van der Waals surface area contributed by atoms with E-state index in [0.29, 0.717) is 17.5 Å².